The molecule has 1 aliphatic carbocycles. The van der Waals surface area contributed by atoms with Gasteiger partial charge in [-0.25, -0.2) is 4.79 Å². The molecule has 2 N–H and O–H groups in total. The number of hydrogen-bond donors (Lipinski definition) is 2. The quantitative estimate of drug-likeness (QED) is 0.545. The van der Waals surface area contributed by atoms with Gasteiger partial charge in [0, 0.05) is 16.5 Å². The Morgan fingerprint density at radius 1 is 1.07 bits per heavy atom. The van der Waals surface area contributed by atoms with E-state index in [1.165, 1.54) is 18.9 Å². The summed E-state index contributed by atoms with van der Waals surface area (Å²) in [5.74, 6) is -0.549. The molecule has 0 aromatic heterocycles. The first-order valence-corrected chi connectivity index (χ1v) is 9.91. The molecule has 2 aromatic carbocycles. The molecule has 1 aliphatic rings. The summed E-state index contributed by atoms with van der Waals surface area (Å²) < 4.78 is 4.75. The van der Waals surface area contributed by atoms with E-state index in [2.05, 4.69) is 10.6 Å². The molecule has 1 saturated carbocycles. The molecule has 1 atom stereocenters. The minimum atomic E-state index is -0.504. The third-order valence-corrected chi connectivity index (χ3v) is 5.42. The fourth-order valence-corrected chi connectivity index (χ4v) is 3.54. The largest absolute Gasteiger partial charge is 0.465 e. The van der Waals surface area contributed by atoms with Crippen LogP contribution in [0.2, 0.25) is 0 Å². The highest BCUT2D eigenvalue weighted by Crippen LogP contribution is 2.31. The highest BCUT2D eigenvalue weighted by Gasteiger charge is 2.29. The Bertz CT molecular complexity index is 895. The van der Waals surface area contributed by atoms with Gasteiger partial charge in [0.1, 0.15) is 0 Å². The number of rotatable bonds is 7. The number of methoxy groups -OCH3 is 1. The summed E-state index contributed by atoms with van der Waals surface area (Å²) in [6, 6.07) is 14.2. The van der Waals surface area contributed by atoms with E-state index in [4.69, 9.17) is 4.74 Å². The number of amides is 2. The van der Waals surface area contributed by atoms with E-state index in [0.717, 1.165) is 23.4 Å². The van der Waals surface area contributed by atoms with E-state index < -0.39 is 11.2 Å². The Labute approximate surface area is 168 Å². The van der Waals surface area contributed by atoms with Gasteiger partial charge in [0.05, 0.1) is 23.6 Å². The van der Waals surface area contributed by atoms with Crippen molar-refractivity contribution in [3.05, 3.63) is 54.1 Å². The summed E-state index contributed by atoms with van der Waals surface area (Å²) in [5, 5.41) is 5.29. The van der Waals surface area contributed by atoms with Crippen molar-refractivity contribution < 1.29 is 19.1 Å². The van der Waals surface area contributed by atoms with Crippen molar-refractivity contribution in [1.29, 1.82) is 0 Å². The van der Waals surface area contributed by atoms with Crippen LogP contribution >= 0.6 is 11.8 Å². The molecule has 1 fully saturated rings. The van der Waals surface area contributed by atoms with Crippen LogP contribution in [0.4, 0.5) is 11.4 Å². The number of hydrogen-bond acceptors (Lipinski definition) is 5. The number of thioether (sulfide) groups is 1. The first kappa shape index (κ1) is 19.9. The van der Waals surface area contributed by atoms with Gasteiger partial charge in [0.25, 0.3) is 0 Å². The Hall–Kier alpha value is -2.80. The fourth-order valence-electron chi connectivity index (χ4n) is 2.61. The van der Waals surface area contributed by atoms with Crippen molar-refractivity contribution >= 4 is 40.9 Å². The van der Waals surface area contributed by atoms with Gasteiger partial charge in [-0.05, 0) is 50.1 Å². The van der Waals surface area contributed by atoms with E-state index in [9.17, 15) is 14.4 Å². The first-order chi connectivity index (χ1) is 13.5. The number of carbonyl (C=O) groups excluding carboxylic acids is 3. The second-order valence-corrected chi connectivity index (χ2v) is 7.99. The molecule has 2 amide bonds. The minimum absolute atomic E-state index is 0.0485. The molecule has 7 heteroatoms. The smallest absolute Gasteiger partial charge is 0.339 e. The van der Waals surface area contributed by atoms with Crippen LogP contribution in [0.1, 0.15) is 30.1 Å². The van der Waals surface area contributed by atoms with Crippen LogP contribution in [0.3, 0.4) is 0 Å². The number of nitrogens with one attached hydrogen (secondary N) is 2. The average Bonchev–Trinajstić information content (AvgIpc) is 3.53. The average molecular weight is 398 g/mol. The van der Waals surface area contributed by atoms with Gasteiger partial charge < -0.3 is 15.4 Å². The zero-order chi connectivity index (χ0) is 20.1. The lowest BCUT2D eigenvalue weighted by molar-refractivity contribution is -0.117. The predicted molar refractivity (Wildman–Crippen MR) is 110 cm³/mol. The zero-order valence-corrected chi connectivity index (χ0v) is 16.5. The van der Waals surface area contributed by atoms with Crippen molar-refractivity contribution in [2.45, 2.75) is 29.9 Å². The van der Waals surface area contributed by atoms with Gasteiger partial charge in [-0.2, -0.15) is 0 Å². The molecular formula is C21H22N2O4S. The number of para-hydroxylation sites is 1. The molecule has 146 valence electrons. The molecule has 0 saturated heterocycles. The van der Waals surface area contributed by atoms with Gasteiger partial charge in [-0.15, -0.1) is 11.8 Å². The fraction of sp³-hybridized carbons (Fsp3) is 0.286. The summed E-state index contributed by atoms with van der Waals surface area (Å²) in [6.45, 7) is 1.79. The van der Waals surface area contributed by atoms with Crippen LogP contribution in [0.15, 0.2) is 53.4 Å². The van der Waals surface area contributed by atoms with Crippen LogP contribution in [-0.4, -0.2) is 30.1 Å². The third-order valence-electron chi connectivity index (χ3n) is 4.32. The first-order valence-electron chi connectivity index (χ1n) is 9.03. The van der Waals surface area contributed by atoms with Gasteiger partial charge in [0.15, 0.2) is 0 Å². The molecule has 28 heavy (non-hydrogen) atoms. The predicted octanol–water partition coefficient (Wildman–Crippen LogP) is 3.94. The lowest BCUT2D eigenvalue weighted by atomic mass is 10.2. The minimum Gasteiger partial charge on any atom is -0.465 e. The van der Waals surface area contributed by atoms with Crippen LogP contribution in [0.5, 0.6) is 0 Å². The Morgan fingerprint density at radius 2 is 1.82 bits per heavy atom. The summed E-state index contributed by atoms with van der Waals surface area (Å²) in [6.07, 6.45) is 1.90. The standard InChI is InChI=1S/C21H22N2O4S/c1-13(19(24)23-18-9-4-3-8-17(18)21(26)27-2)28-16-7-5-6-15(12-16)22-20(25)14-10-11-14/h3-9,12-14H,10-11H2,1-2H3,(H,22,25)(H,23,24). The highest BCUT2D eigenvalue weighted by atomic mass is 32.2. The lowest BCUT2D eigenvalue weighted by Crippen LogP contribution is -2.23. The van der Waals surface area contributed by atoms with E-state index in [-0.39, 0.29) is 17.7 Å². The van der Waals surface area contributed by atoms with Gasteiger partial charge in [0.2, 0.25) is 11.8 Å². The molecule has 1 unspecified atom stereocenters. The van der Waals surface area contributed by atoms with Crippen LogP contribution in [-0.2, 0) is 14.3 Å². The van der Waals surface area contributed by atoms with E-state index in [1.54, 1.807) is 31.2 Å². The van der Waals surface area contributed by atoms with Gasteiger partial charge in [-0.1, -0.05) is 18.2 Å². The number of anilines is 2. The number of benzene rings is 2. The van der Waals surface area contributed by atoms with Crippen LogP contribution in [0, 0.1) is 5.92 Å². The topological polar surface area (TPSA) is 84.5 Å². The Balaban J connectivity index is 1.63. The maximum absolute atomic E-state index is 12.6. The zero-order valence-electron chi connectivity index (χ0n) is 15.7. The summed E-state index contributed by atoms with van der Waals surface area (Å²) >= 11 is 1.38. The molecule has 6 nitrogen and oxygen atoms in total. The van der Waals surface area contributed by atoms with Crippen LogP contribution in [0.25, 0.3) is 0 Å². The second kappa shape index (κ2) is 8.93. The summed E-state index contributed by atoms with van der Waals surface area (Å²) in [7, 11) is 1.30. The monoisotopic (exact) mass is 398 g/mol. The van der Waals surface area contributed by atoms with E-state index >= 15 is 0 Å². The van der Waals surface area contributed by atoms with Crippen molar-refractivity contribution in [3.63, 3.8) is 0 Å². The number of esters is 1. The lowest BCUT2D eigenvalue weighted by Gasteiger charge is -2.14. The Morgan fingerprint density at radius 3 is 2.54 bits per heavy atom. The molecule has 0 heterocycles. The molecular weight excluding hydrogens is 376 g/mol. The van der Waals surface area contributed by atoms with Crippen molar-refractivity contribution in [2.24, 2.45) is 5.92 Å². The molecule has 0 aliphatic heterocycles. The van der Waals surface area contributed by atoms with Crippen molar-refractivity contribution in [2.75, 3.05) is 17.7 Å². The number of ether oxygens (including phenoxy) is 1. The molecule has 3 rings (SSSR count). The van der Waals surface area contributed by atoms with Crippen molar-refractivity contribution in [3.8, 4) is 0 Å². The SMILES string of the molecule is COC(=O)c1ccccc1NC(=O)C(C)Sc1cccc(NC(=O)C2CC2)c1. The van der Waals surface area contributed by atoms with Gasteiger partial charge >= 0.3 is 5.97 Å². The molecule has 0 spiro atoms. The number of carbonyl (C=O) groups is 3. The summed E-state index contributed by atoms with van der Waals surface area (Å²) in [4.78, 5) is 37.2. The molecule has 0 bridgehead atoms. The van der Waals surface area contributed by atoms with Crippen molar-refractivity contribution in [1.82, 2.24) is 0 Å². The highest BCUT2D eigenvalue weighted by molar-refractivity contribution is 8.00. The second-order valence-electron chi connectivity index (χ2n) is 6.58. The maximum atomic E-state index is 12.6. The maximum Gasteiger partial charge on any atom is 0.339 e. The normalized spacial score (nSPS) is 14.1. The van der Waals surface area contributed by atoms with Crippen LogP contribution < -0.4 is 10.6 Å². The Kier molecular flexibility index (Phi) is 6.36. The van der Waals surface area contributed by atoms with E-state index in [1.807, 2.05) is 24.3 Å². The molecule has 2 aromatic rings. The summed E-state index contributed by atoms with van der Waals surface area (Å²) in [5.41, 5.74) is 1.45. The van der Waals surface area contributed by atoms with E-state index in [0.29, 0.717) is 11.3 Å². The van der Waals surface area contributed by atoms with Gasteiger partial charge in [-0.3, -0.25) is 9.59 Å². The molecule has 0 radical (unpaired) electrons. The third kappa shape index (κ3) is 5.13.